The number of anilines is 1. The van der Waals surface area contributed by atoms with Crippen LogP contribution in [0.25, 0.3) is 22.3 Å². The van der Waals surface area contributed by atoms with Gasteiger partial charge < -0.3 is 11.1 Å². The number of nitrogens with two attached hydrogens (primary N) is 1. The van der Waals surface area contributed by atoms with Crippen molar-refractivity contribution in [3.8, 4) is 11.3 Å². The highest BCUT2D eigenvalue weighted by atomic mass is 16.1. The molecule has 0 atom stereocenters. The predicted molar refractivity (Wildman–Crippen MR) is 92.1 cm³/mol. The van der Waals surface area contributed by atoms with Crippen LogP contribution >= 0.6 is 0 Å². The van der Waals surface area contributed by atoms with Crippen molar-refractivity contribution < 1.29 is 4.79 Å². The van der Waals surface area contributed by atoms with E-state index in [2.05, 4.69) is 35.2 Å². The van der Waals surface area contributed by atoms with Crippen LogP contribution in [-0.4, -0.2) is 22.4 Å². The van der Waals surface area contributed by atoms with Gasteiger partial charge in [-0.2, -0.15) is 0 Å². The van der Waals surface area contributed by atoms with Crippen molar-refractivity contribution in [2.45, 2.75) is 13.8 Å². The van der Waals surface area contributed by atoms with Crippen molar-refractivity contribution in [2.24, 2.45) is 5.73 Å². The van der Waals surface area contributed by atoms with E-state index in [9.17, 15) is 4.79 Å². The average molecular weight is 306 g/mol. The van der Waals surface area contributed by atoms with E-state index in [4.69, 9.17) is 5.73 Å². The fourth-order valence-corrected chi connectivity index (χ4v) is 2.34. The molecule has 0 spiro atoms. The third kappa shape index (κ3) is 3.19. The molecule has 116 valence electrons. The molecule has 0 saturated heterocycles. The van der Waals surface area contributed by atoms with Crippen molar-refractivity contribution in [3.63, 3.8) is 0 Å². The van der Waals surface area contributed by atoms with Gasteiger partial charge in [0, 0.05) is 11.3 Å². The van der Waals surface area contributed by atoms with Gasteiger partial charge in [-0.25, -0.2) is 4.98 Å². The van der Waals surface area contributed by atoms with Crippen molar-refractivity contribution in [2.75, 3.05) is 11.9 Å². The van der Waals surface area contributed by atoms with E-state index < -0.39 is 0 Å². The van der Waals surface area contributed by atoms with Gasteiger partial charge in [0.25, 0.3) is 0 Å². The van der Waals surface area contributed by atoms with Crippen LogP contribution in [0.15, 0.2) is 42.6 Å². The number of aryl methyl sites for hydroxylation is 2. The molecule has 1 aromatic heterocycles. The number of carbonyl (C=O) groups is 1. The first-order valence-corrected chi connectivity index (χ1v) is 7.41. The van der Waals surface area contributed by atoms with Gasteiger partial charge in [0.15, 0.2) is 0 Å². The summed E-state index contributed by atoms with van der Waals surface area (Å²) in [7, 11) is 0. The van der Waals surface area contributed by atoms with E-state index in [1.165, 1.54) is 11.1 Å². The maximum Gasteiger partial charge on any atom is 0.238 e. The molecule has 3 N–H and O–H groups in total. The standard InChI is InChI=1S/C18H18N4O/c1-11-7-15-16(8-12(11)2)22-17(10-20-15)13-3-5-14(6-4-13)21-18(23)9-19/h3-8,10H,9,19H2,1-2H3,(H,21,23). The smallest absolute Gasteiger partial charge is 0.238 e. The Morgan fingerprint density at radius 1 is 1.09 bits per heavy atom. The van der Waals surface area contributed by atoms with Crippen LogP contribution < -0.4 is 11.1 Å². The van der Waals surface area contributed by atoms with Crippen LogP contribution in [-0.2, 0) is 4.79 Å². The number of aromatic nitrogens is 2. The largest absolute Gasteiger partial charge is 0.325 e. The highest BCUT2D eigenvalue weighted by Gasteiger charge is 2.05. The van der Waals surface area contributed by atoms with E-state index in [0.29, 0.717) is 5.69 Å². The van der Waals surface area contributed by atoms with Gasteiger partial charge in [0.05, 0.1) is 29.5 Å². The van der Waals surface area contributed by atoms with Gasteiger partial charge in [-0.05, 0) is 49.2 Å². The zero-order valence-corrected chi connectivity index (χ0v) is 13.1. The van der Waals surface area contributed by atoms with Crippen LogP contribution in [0.3, 0.4) is 0 Å². The third-order valence-electron chi connectivity index (χ3n) is 3.81. The number of nitrogens with one attached hydrogen (secondary N) is 1. The van der Waals surface area contributed by atoms with Crippen molar-refractivity contribution in [3.05, 3.63) is 53.7 Å². The molecule has 0 aliphatic rings. The summed E-state index contributed by atoms with van der Waals surface area (Å²) in [6, 6.07) is 11.6. The Morgan fingerprint density at radius 2 is 1.74 bits per heavy atom. The zero-order valence-electron chi connectivity index (χ0n) is 13.1. The molecule has 5 heteroatoms. The molecule has 0 fully saturated rings. The van der Waals surface area contributed by atoms with E-state index in [1.54, 1.807) is 6.20 Å². The summed E-state index contributed by atoms with van der Waals surface area (Å²) in [6.45, 7) is 4.10. The number of benzene rings is 2. The van der Waals surface area contributed by atoms with E-state index in [-0.39, 0.29) is 12.5 Å². The fraction of sp³-hybridized carbons (Fsp3) is 0.167. The highest BCUT2D eigenvalue weighted by molar-refractivity contribution is 5.92. The molecule has 5 nitrogen and oxygen atoms in total. The monoisotopic (exact) mass is 306 g/mol. The fourth-order valence-electron chi connectivity index (χ4n) is 2.34. The van der Waals surface area contributed by atoms with Gasteiger partial charge in [0.2, 0.25) is 5.91 Å². The number of nitrogens with zero attached hydrogens (tertiary/aromatic N) is 2. The number of rotatable bonds is 3. The Hall–Kier alpha value is -2.79. The van der Waals surface area contributed by atoms with E-state index in [0.717, 1.165) is 22.3 Å². The molecule has 0 saturated carbocycles. The summed E-state index contributed by atoms with van der Waals surface area (Å²) < 4.78 is 0. The highest BCUT2D eigenvalue weighted by Crippen LogP contribution is 2.22. The molecule has 3 rings (SSSR count). The van der Waals surface area contributed by atoms with Crippen molar-refractivity contribution in [1.82, 2.24) is 9.97 Å². The number of hydrogen-bond donors (Lipinski definition) is 2. The molecule has 1 amide bonds. The molecule has 1 heterocycles. The zero-order chi connectivity index (χ0) is 16.4. The lowest BCUT2D eigenvalue weighted by Gasteiger charge is -2.07. The quantitative estimate of drug-likeness (QED) is 0.779. The molecule has 0 aliphatic carbocycles. The second kappa shape index (κ2) is 6.14. The number of amides is 1. The van der Waals surface area contributed by atoms with Gasteiger partial charge in [-0.1, -0.05) is 12.1 Å². The van der Waals surface area contributed by atoms with Crippen LogP contribution in [0.5, 0.6) is 0 Å². The number of fused-ring (bicyclic) bond motifs is 1. The summed E-state index contributed by atoms with van der Waals surface area (Å²) >= 11 is 0. The molecular formula is C18H18N4O. The minimum Gasteiger partial charge on any atom is -0.325 e. The molecule has 0 unspecified atom stereocenters. The molecule has 0 radical (unpaired) electrons. The lowest BCUT2D eigenvalue weighted by Crippen LogP contribution is -2.21. The Kier molecular flexibility index (Phi) is 4.04. The van der Waals surface area contributed by atoms with Crippen LogP contribution in [0.4, 0.5) is 5.69 Å². The van der Waals surface area contributed by atoms with Gasteiger partial charge >= 0.3 is 0 Å². The summed E-state index contributed by atoms with van der Waals surface area (Å²) in [5.74, 6) is -0.214. The minimum absolute atomic E-state index is 0.0311. The van der Waals surface area contributed by atoms with E-state index in [1.807, 2.05) is 30.3 Å². The topological polar surface area (TPSA) is 80.9 Å². The molecule has 2 aromatic carbocycles. The summed E-state index contributed by atoms with van der Waals surface area (Å²) in [5.41, 5.74) is 11.9. The summed E-state index contributed by atoms with van der Waals surface area (Å²) in [6.07, 6.45) is 1.77. The minimum atomic E-state index is -0.214. The van der Waals surface area contributed by atoms with Crippen molar-refractivity contribution >= 4 is 22.6 Å². The SMILES string of the molecule is Cc1cc2ncc(-c3ccc(NC(=O)CN)cc3)nc2cc1C. The Bertz CT molecular complexity index is 872. The lowest BCUT2D eigenvalue weighted by molar-refractivity contribution is -0.114. The van der Waals surface area contributed by atoms with Crippen LogP contribution in [0.1, 0.15) is 11.1 Å². The van der Waals surface area contributed by atoms with Crippen molar-refractivity contribution in [1.29, 1.82) is 0 Å². The van der Waals surface area contributed by atoms with Gasteiger partial charge in [-0.3, -0.25) is 9.78 Å². The summed E-state index contributed by atoms with van der Waals surface area (Å²) in [4.78, 5) is 20.5. The molecule has 23 heavy (non-hydrogen) atoms. The second-order valence-corrected chi connectivity index (χ2v) is 5.51. The molecule has 3 aromatic rings. The Morgan fingerprint density at radius 3 is 2.39 bits per heavy atom. The third-order valence-corrected chi connectivity index (χ3v) is 3.81. The molecule has 0 aliphatic heterocycles. The summed E-state index contributed by atoms with van der Waals surface area (Å²) in [5, 5.41) is 2.71. The average Bonchev–Trinajstić information content (AvgIpc) is 2.56. The first-order valence-electron chi connectivity index (χ1n) is 7.41. The van der Waals surface area contributed by atoms with Crippen LogP contribution in [0, 0.1) is 13.8 Å². The maximum absolute atomic E-state index is 11.3. The number of hydrogen-bond acceptors (Lipinski definition) is 4. The van der Waals surface area contributed by atoms with Gasteiger partial charge in [-0.15, -0.1) is 0 Å². The molecular weight excluding hydrogens is 288 g/mol. The second-order valence-electron chi connectivity index (χ2n) is 5.51. The Balaban J connectivity index is 1.93. The normalized spacial score (nSPS) is 10.7. The first kappa shape index (κ1) is 15.1. The maximum atomic E-state index is 11.3. The first-order chi connectivity index (χ1) is 11.1. The predicted octanol–water partition coefficient (Wildman–Crippen LogP) is 2.81. The number of carbonyl (C=O) groups excluding carboxylic acids is 1. The lowest BCUT2D eigenvalue weighted by atomic mass is 10.1. The van der Waals surface area contributed by atoms with Crippen LogP contribution in [0.2, 0.25) is 0 Å². The van der Waals surface area contributed by atoms with Gasteiger partial charge in [0.1, 0.15) is 0 Å². The van der Waals surface area contributed by atoms with E-state index >= 15 is 0 Å². The molecule has 0 bridgehead atoms. The Labute approximate surface area is 134 Å².